The van der Waals surface area contributed by atoms with E-state index in [1.54, 1.807) is 0 Å². The molecule has 2 heterocycles. The second-order valence-corrected chi connectivity index (χ2v) is 17.9. The molecular formula is C57H41N3S. The molecule has 4 heteroatoms. The fraction of sp³-hybridized carbons (Fsp3) is 0.105. The quantitative estimate of drug-likeness (QED) is 0.174. The van der Waals surface area contributed by atoms with E-state index in [4.69, 9.17) is 15.4 Å². The van der Waals surface area contributed by atoms with Crippen LogP contribution in [0, 0.1) is 27.7 Å². The van der Waals surface area contributed by atoms with Gasteiger partial charge < -0.3 is 0 Å². The Labute approximate surface area is 360 Å². The smallest absolute Gasteiger partial charge is 0.105 e. The average molecular weight is 800 g/mol. The molecule has 2 aromatic heterocycles. The molecular weight excluding hydrogens is 759 g/mol. The van der Waals surface area contributed by atoms with Gasteiger partial charge in [-0.3, -0.25) is 0 Å². The lowest BCUT2D eigenvalue weighted by Gasteiger charge is -2.23. The van der Waals surface area contributed by atoms with Crippen LogP contribution in [-0.2, 0) is 12.8 Å². The van der Waals surface area contributed by atoms with Crippen LogP contribution in [0.25, 0.3) is 98.3 Å². The lowest BCUT2D eigenvalue weighted by molar-refractivity contribution is 0.876. The second-order valence-electron chi connectivity index (χ2n) is 16.8. The number of aryl methyl sites for hydroxylation is 2. The summed E-state index contributed by atoms with van der Waals surface area (Å²) < 4.78 is 2.55. The molecule has 2 aliphatic carbocycles. The van der Waals surface area contributed by atoms with Crippen LogP contribution in [0.2, 0.25) is 0 Å². The zero-order valence-corrected chi connectivity index (χ0v) is 35.4. The molecule has 0 fully saturated rings. The number of fused-ring (bicyclic) bond motifs is 9. The highest BCUT2D eigenvalue weighted by molar-refractivity contribution is 7.26. The Balaban J connectivity index is 1.22. The molecule has 0 spiro atoms. The third-order valence-electron chi connectivity index (χ3n) is 13.6. The fourth-order valence-corrected chi connectivity index (χ4v) is 11.6. The fourth-order valence-electron chi connectivity index (χ4n) is 10.5. The first-order chi connectivity index (χ1) is 29.9. The molecule has 8 aromatic carbocycles. The maximum absolute atomic E-state index is 5.20. The lowest BCUT2D eigenvalue weighted by atomic mass is 9.81. The van der Waals surface area contributed by atoms with Crippen LogP contribution in [0.4, 0.5) is 0 Å². The highest BCUT2D eigenvalue weighted by Crippen LogP contribution is 2.53. The first-order valence-corrected chi connectivity index (χ1v) is 22.0. The molecule has 0 radical (unpaired) electrons. The molecule has 0 amide bonds. The molecule has 2 aliphatic rings. The summed E-state index contributed by atoms with van der Waals surface area (Å²) in [5.74, 6) is 0. The van der Waals surface area contributed by atoms with Gasteiger partial charge in [0, 0.05) is 36.9 Å². The predicted molar refractivity (Wildman–Crippen MR) is 255 cm³/mol. The Bertz CT molecular complexity index is 3470. The van der Waals surface area contributed by atoms with Crippen molar-refractivity contribution in [1.29, 1.82) is 0 Å². The molecule has 12 rings (SSSR count). The van der Waals surface area contributed by atoms with E-state index in [1.165, 1.54) is 115 Å². The topological polar surface area (TPSA) is 38.7 Å². The van der Waals surface area contributed by atoms with Crippen molar-refractivity contribution in [2.75, 3.05) is 0 Å². The summed E-state index contributed by atoms with van der Waals surface area (Å²) in [5, 5.41) is 17.7. The van der Waals surface area contributed by atoms with Crippen LogP contribution in [0.5, 0.6) is 0 Å². The van der Waals surface area contributed by atoms with E-state index >= 15 is 0 Å². The molecule has 0 saturated carbocycles. The molecule has 0 saturated heterocycles. The van der Waals surface area contributed by atoms with Gasteiger partial charge >= 0.3 is 0 Å². The van der Waals surface area contributed by atoms with Crippen molar-refractivity contribution in [3.63, 3.8) is 0 Å². The highest BCUT2D eigenvalue weighted by atomic mass is 32.1. The van der Waals surface area contributed by atoms with Gasteiger partial charge in [0.1, 0.15) is 11.4 Å². The molecule has 3 nitrogen and oxygen atoms in total. The monoisotopic (exact) mass is 799 g/mol. The summed E-state index contributed by atoms with van der Waals surface area (Å²) in [6.45, 7) is 9.07. The zero-order valence-electron chi connectivity index (χ0n) is 34.6. The van der Waals surface area contributed by atoms with Gasteiger partial charge in [0.25, 0.3) is 0 Å². The number of rotatable bonds is 5. The van der Waals surface area contributed by atoms with Crippen molar-refractivity contribution in [1.82, 2.24) is 15.4 Å². The molecule has 0 aliphatic heterocycles. The van der Waals surface area contributed by atoms with E-state index in [-0.39, 0.29) is 0 Å². The van der Waals surface area contributed by atoms with Crippen molar-refractivity contribution >= 4 is 31.5 Å². The van der Waals surface area contributed by atoms with Crippen LogP contribution in [0.15, 0.2) is 152 Å². The van der Waals surface area contributed by atoms with Gasteiger partial charge in [0.05, 0.1) is 0 Å². The van der Waals surface area contributed by atoms with E-state index < -0.39 is 0 Å². The normalized spacial score (nSPS) is 12.5. The van der Waals surface area contributed by atoms with Crippen molar-refractivity contribution in [3.8, 4) is 78.1 Å². The number of benzene rings is 8. The van der Waals surface area contributed by atoms with E-state index in [2.05, 4.69) is 179 Å². The third-order valence-corrected chi connectivity index (χ3v) is 14.7. The lowest BCUT2D eigenvalue weighted by Crippen LogP contribution is -2.07. The summed E-state index contributed by atoms with van der Waals surface area (Å²) in [7, 11) is 0. The van der Waals surface area contributed by atoms with E-state index in [1.807, 2.05) is 11.3 Å². The molecule has 0 atom stereocenters. The highest BCUT2D eigenvalue weighted by Gasteiger charge is 2.33. The molecule has 61 heavy (non-hydrogen) atoms. The minimum Gasteiger partial charge on any atom is -0.135 e. The van der Waals surface area contributed by atoms with Gasteiger partial charge in [-0.15, -0.1) is 21.5 Å². The number of aromatic nitrogens is 3. The van der Waals surface area contributed by atoms with Crippen molar-refractivity contribution < 1.29 is 0 Å². The number of hydrogen-bond acceptors (Lipinski definition) is 4. The van der Waals surface area contributed by atoms with Gasteiger partial charge in [-0.2, -0.15) is 0 Å². The van der Waals surface area contributed by atoms with E-state index in [9.17, 15) is 0 Å². The first-order valence-electron chi connectivity index (χ1n) is 21.2. The van der Waals surface area contributed by atoms with Crippen LogP contribution in [0.1, 0.15) is 44.5 Å². The van der Waals surface area contributed by atoms with E-state index in [0.717, 1.165) is 40.9 Å². The summed E-state index contributed by atoms with van der Waals surface area (Å²) >= 11 is 1.86. The van der Waals surface area contributed by atoms with Gasteiger partial charge in [-0.1, -0.05) is 140 Å². The third kappa shape index (κ3) is 5.38. The van der Waals surface area contributed by atoms with Crippen LogP contribution in [-0.4, -0.2) is 15.4 Å². The SMILES string of the molecule is Cc1cc2c(c(-c3nnnc(-c4ccccc4-c4c(-c5ccccc5)ccc5sc6ccccc6c45)c3-c3c(C)c(C)cc4c3Cc3ccccc3-4)c1C)Cc1ccccc1-2. The predicted octanol–water partition coefficient (Wildman–Crippen LogP) is 15.0. The Morgan fingerprint density at radius 1 is 0.410 bits per heavy atom. The van der Waals surface area contributed by atoms with Gasteiger partial charge in [-0.05, 0) is 152 Å². The molecule has 0 N–H and O–H groups in total. The van der Waals surface area contributed by atoms with Crippen molar-refractivity contribution in [2.24, 2.45) is 0 Å². The Morgan fingerprint density at radius 2 is 0.967 bits per heavy atom. The second kappa shape index (κ2) is 13.8. The maximum Gasteiger partial charge on any atom is 0.105 e. The Hall–Kier alpha value is -7.01. The van der Waals surface area contributed by atoms with Crippen LogP contribution >= 0.6 is 11.3 Å². The largest absolute Gasteiger partial charge is 0.135 e. The van der Waals surface area contributed by atoms with E-state index in [0.29, 0.717) is 0 Å². The minimum absolute atomic E-state index is 0.847. The standard InChI is InChI=1S/C57H41N3S/c1-32-28-45-39-20-10-8-18-37(39)30-47(45)51(34(32)3)55-56(58-60-59-57(55)52-35(4)33(2)29-46-40-21-11-9-19-38(40)31-48(46)52)43-23-13-12-22-42(43)53-41(36-16-6-5-7-17-36)26-27-50-54(53)44-24-14-15-25-49(44)61-50/h5-29H,30-31H2,1-4H3. The molecule has 10 aromatic rings. The zero-order chi connectivity index (χ0) is 40.9. The maximum atomic E-state index is 5.20. The average Bonchev–Trinajstić information content (AvgIpc) is 3.98. The van der Waals surface area contributed by atoms with Gasteiger partial charge in [-0.25, -0.2) is 0 Å². The molecule has 0 unspecified atom stereocenters. The van der Waals surface area contributed by atoms with Gasteiger partial charge in [0.2, 0.25) is 0 Å². The van der Waals surface area contributed by atoms with Crippen LogP contribution < -0.4 is 0 Å². The summed E-state index contributed by atoms with van der Waals surface area (Å²) in [6, 6.07) is 55.7. The summed E-state index contributed by atoms with van der Waals surface area (Å²) in [5.41, 5.74) is 26.5. The first kappa shape index (κ1) is 35.9. The minimum atomic E-state index is 0.847. The summed E-state index contributed by atoms with van der Waals surface area (Å²) in [6.07, 6.45) is 1.70. The Kier molecular flexibility index (Phi) is 8.10. The van der Waals surface area contributed by atoms with Gasteiger partial charge in [0.15, 0.2) is 0 Å². The summed E-state index contributed by atoms with van der Waals surface area (Å²) in [4.78, 5) is 0. The van der Waals surface area contributed by atoms with Crippen molar-refractivity contribution in [2.45, 2.75) is 40.5 Å². The van der Waals surface area contributed by atoms with Crippen LogP contribution in [0.3, 0.4) is 0 Å². The Morgan fingerprint density at radius 3 is 1.67 bits per heavy atom. The number of thiophene rings is 1. The van der Waals surface area contributed by atoms with Crippen molar-refractivity contribution in [3.05, 3.63) is 196 Å². The molecule has 0 bridgehead atoms. The number of nitrogens with zero attached hydrogens (tertiary/aromatic N) is 3. The number of hydrogen-bond donors (Lipinski definition) is 0. The molecule has 290 valence electrons.